The van der Waals surface area contributed by atoms with Crippen LogP contribution in [-0.4, -0.2) is 19.7 Å². The van der Waals surface area contributed by atoms with Gasteiger partial charge in [0.2, 0.25) is 5.28 Å². The second-order valence-corrected chi connectivity index (χ2v) is 5.88. The number of nitrogen functional groups attached to an aromatic ring is 1. The third kappa shape index (κ3) is 3.51. The Hall–Kier alpha value is -2.40. The highest BCUT2D eigenvalue weighted by atomic mass is 35.5. The summed E-state index contributed by atoms with van der Waals surface area (Å²) in [5, 5.41) is 4.72. The molecule has 3 rings (SSSR count). The second kappa shape index (κ2) is 6.38. The standard InChI is InChI=1S/C17H18ClN5/c1-11-9-12(2)23(22-11)14-6-3-13(4-7-14)5-8-16-15(19)10-20-17(18)21-16/h3-4,6-7,9-10H,5,8,19H2,1-2H3. The molecular formula is C17H18ClN5. The van der Waals surface area contributed by atoms with Crippen LogP contribution < -0.4 is 5.73 Å². The first-order valence-electron chi connectivity index (χ1n) is 7.42. The number of hydrogen-bond acceptors (Lipinski definition) is 4. The lowest BCUT2D eigenvalue weighted by molar-refractivity contribution is 0.831. The fourth-order valence-corrected chi connectivity index (χ4v) is 2.71. The lowest BCUT2D eigenvalue weighted by atomic mass is 10.1. The number of rotatable bonds is 4. The molecule has 0 unspecified atom stereocenters. The zero-order chi connectivity index (χ0) is 16.4. The molecule has 3 aromatic rings. The molecule has 0 aliphatic carbocycles. The first-order chi connectivity index (χ1) is 11.0. The summed E-state index contributed by atoms with van der Waals surface area (Å²) in [7, 11) is 0. The average molecular weight is 328 g/mol. The van der Waals surface area contributed by atoms with Gasteiger partial charge in [0.1, 0.15) is 0 Å². The van der Waals surface area contributed by atoms with Crippen molar-refractivity contribution in [3.8, 4) is 5.69 Å². The van der Waals surface area contributed by atoms with Crippen LogP contribution in [0.25, 0.3) is 5.69 Å². The van der Waals surface area contributed by atoms with Crippen LogP contribution in [0, 0.1) is 13.8 Å². The third-order valence-electron chi connectivity index (χ3n) is 3.71. The van der Waals surface area contributed by atoms with Crippen LogP contribution in [0.15, 0.2) is 36.5 Å². The van der Waals surface area contributed by atoms with Crippen molar-refractivity contribution >= 4 is 17.3 Å². The SMILES string of the molecule is Cc1cc(C)n(-c2ccc(CCc3nc(Cl)ncc3N)cc2)n1. The number of anilines is 1. The van der Waals surface area contributed by atoms with Gasteiger partial charge in [0.25, 0.3) is 0 Å². The monoisotopic (exact) mass is 327 g/mol. The molecule has 0 radical (unpaired) electrons. The predicted molar refractivity (Wildman–Crippen MR) is 91.9 cm³/mol. The minimum atomic E-state index is 0.231. The Kier molecular flexibility index (Phi) is 4.30. The van der Waals surface area contributed by atoms with Crippen molar-refractivity contribution < 1.29 is 0 Å². The molecule has 2 aromatic heterocycles. The topological polar surface area (TPSA) is 69.6 Å². The van der Waals surface area contributed by atoms with E-state index in [-0.39, 0.29) is 5.28 Å². The number of hydrogen-bond donors (Lipinski definition) is 1. The van der Waals surface area contributed by atoms with E-state index in [0.29, 0.717) is 5.69 Å². The van der Waals surface area contributed by atoms with Gasteiger partial charge < -0.3 is 5.73 Å². The smallest absolute Gasteiger partial charge is 0.222 e. The fraction of sp³-hybridized carbons (Fsp3) is 0.235. The maximum atomic E-state index is 5.88. The van der Waals surface area contributed by atoms with Gasteiger partial charge in [-0.15, -0.1) is 0 Å². The summed E-state index contributed by atoms with van der Waals surface area (Å²) in [6.07, 6.45) is 3.12. The molecule has 0 saturated heterocycles. The number of nitrogens with two attached hydrogens (primary N) is 1. The Morgan fingerprint density at radius 2 is 1.87 bits per heavy atom. The van der Waals surface area contributed by atoms with E-state index in [1.165, 1.54) is 5.56 Å². The van der Waals surface area contributed by atoms with Crippen LogP contribution in [0.2, 0.25) is 5.28 Å². The highest BCUT2D eigenvalue weighted by Crippen LogP contribution is 2.16. The van der Waals surface area contributed by atoms with Crippen molar-refractivity contribution in [3.63, 3.8) is 0 Å². The minimum Gasteiger partial charge on any atom is -0.396 e. The van der Waals surface area contributed by atoms with Gasteiger partial charge in [-0.05, 0) is 62.1 Å². The van der Waals surface area contributed by atoms with E-state index in [9.17, 15) is 0 Å². The third-order valence-corrected chi connectivity index (χ3v) is 3.89. The molecule has 2 heterocycles. The molecule has 0 saturated carbocycles. The second-order valence-electron chi connectivity index (χ2n) is 5.55. The highest BCUT2D eigenvalue weighted by molar-refractivity contribution is 6.28. The van der Waals surface area contributed by atoms with E-state index in [1.807, 2.05) is 11.6 Å². The van der Waals surface area contributed by atoms with Crippen molar-refractivity contribution in [1.29, 1.82) is 0 Å². The molecule has 0 aliphatic rings. The first-order valence-corrected chi connectivity index (χ1v) is 7.80. The molecule has 118 valence electrons. The van der Waals surface area contributed by atoms with Crippen molar-refractivity contribution in [3.05, 3.63) is 64.5 Å². The Morgan fingerprint density at radius 3 is 2.52 bits per heavy atom. The maximum absolute atomic E-state index is 5.88. The van der Waals surface area contributed by atoms with E-state index >= 15 is 0 Å². The van der Waals surface area contributed by atoms with E-state index < -0.39 is 0 Å². The lowest BCUT2D eigenvalue weighted by Crippen LogP contribution is -2.02. The first kappa shape index (κ1) is 15.5. The Labute approximate surface area is 140 Å². The van der Waals surface area contributed by atoms with Gasteiger partial charge in [-0.3, -0.25) is 0 Å². The molecule has 0 aliphatic heterocycles. The molecule has 5 nitrogen and oxygen atoms in total. The Morgan fingerprint density at radius 1 is 1.13 bits per heavy atom. The number of halogens is 1. The molecule has 1 aromatic carbocycles. The van der Waals surface area contributed by atoms with Crippen LogP contribution in [0.3, 0.4) is 0 Å². The van der Waals surface area contributed by atoms with Crippen LogP contribution >= 0.6 is 11.6 Å². The normalized spacial score (nSPS) is 10.9. The molecule has 6 heteroatoms. The largest absolute Gasteiger partial charge is 0.396 e. The molecule has 0 atom stereocenters. The summed E-state index contributed by atoms with van der Waals surface area (Å²) in [4.78, 5) is 8.05. The van der Waals surface area contributed by atoms with Crippen LogP contribution in [-0.2, 0) is 12.8 Å². The fourth-order valence-electron chi connectivity index (χ4n) is 2.56. The van der Waals surface area contributed by atoms with Crippen molar-refractivity contribution in [1.82, 2.24) is 19.7 Å². The molecule has 0 amide bonds. The summed E-state index contributed by atoms with van der Waals surface area (Å²) < 4.78 is 1.95. The zero-order valence-corrected chi connectivity index (χ0v) is 13.9. The minimum absolute atomic E-state index is 0.231. The van der Waals surface area contributed by atoms with Gasteiger partial charge >= 0.3 is 0 Å². The Balaban J connectivity index is 1.73. The maximum Gasteiger partial charge on any atom is 0.222 e. The van der Waals surface area contributed by atoms with E-state index in [0.717, 1.165) is 35.6 Å². The summed E-state index contributed by atoms with van der Waals surface area (Å²) in [6.45, 7) is 4.05. The lowest BCUT2D eigenvalue weighted by Gasteiger charge is -2.07. The van der Waals surface area contributed by atoms with E-state index in [1.54, 1.807) is 6.20 Å². The van der Waals surface area contributed by atoms with Gasteiger partial charge in [0, 0.05) is 5.69 Å². The van der Waals surface area contributed by atoms with E-state index in [2.05, 4.69) is 52.3 Å². The van der Waals surface area contributed by atoms with Gasteiger partial charge in [0.15, 0.2) is 0 Å². The number of aromatic nitrogens is 4. The van der Waals surface area contributed by atoms with E-state index in [4.69, 9.17) is 17.3 Å². The van der Waals surface area contributed by atoms with Gasteiger partial charge in [0.05, 0.1) is 29.0 Å². The molecule has 0 fully saturated rings. The number of aryl methyl sites for hydroxylation is 4. The van der Waals surface area contributed by atoms with Gasteiger partial charge in [-0.1, -0.05) is 12.1 Å². The summed E-state index contributed by atoms with van der Waals surface area (Å²) >= 11 is 5.82. The molecular weight excluding hydrogens is 310 g/mol. The summed E-state index contributed by atoms with van der Waals surface area (Å²) in [6, 6.07) is 10.4. The Bertz CT molecular complexity index is 824. The molecule has 0 spiro atoms. The van der Waals surface area contributed by atoms with Crippen LogP contribution in [0.1, 0.15) is 22.6 Å². The average Bonchev–Trinajstić information content (AvgIpc) is 2.87. The summed E-state index contributed by atoms with van der Waals surface area (Å²) in [5.74, 6) is 0. The van der Waals surface area contributed by atoms with Crippen molar-refractivity contribution in [2.45, 2.75) is 26.7 Å². The highest BCUT2D eigenvalue weighted by Gasteiger charge is 2.06. The van der Waals surface area contributed by atoms with Gasteiger partial charge in [-0.25, -0.2) is 14.6 Å². The molecule has 0 bridgehead atoms. The zero-order valence-electron chi connectivity index (χ0n) is 13.1. The number of nitrogens with zero attached hydrogens (tertiary/aromatic N) is 4. The molecule has 2 N–H and O–H groups in total. The number of benzene rings is 1. The van der Waals surface area contributed by atoms with Crippen molar-refractivity contribution in [2.24, 2.45) is 0 Å². The van der Waals surface area contributed by atoms with Crippen molar-refractivity contribution in [2.75, 3.05) is 5.73 Å². The predicted octanol–water partition coefficient (Wildman–Crippen LogP) is 3.30. The molecule has 23 heavy (non-hydrogen) atoms. The summed E-state index contributed by atoms with van der Waals surface area (Å²) in [5.41, 5.74) is 11.7. The van der Waals surface area contributed by atoms with Gasteiger partial charge in [-0.2, -0.15) is 5.10 Å². The van der Waals surface area contributed by atoms with Crippen LogP contribution in [0.5, 0.6) is 0 Å². The quantitative estimate of drug-likeness (QED) is 0.746. The van der Waals surface area contributed by atoms with Crippen LogP contribution in [0.4, 0.5) is 5.69 Å².